The van der Waals surface area contributed by atoms with E-state index in [4.69, 9.17) is 9.05 Å². The molecule has 0 fully saturated rings. The molecule has 5 nitrogen and oxygen atoms in total. The molecule has 1 unspecified atom stereocenters. The van der Waals surface area contributed by atoms with E-state index >= 15 is 0 Å². The van der Waals surface area contributed by atoms with E-state index < -0.39 is 19.5 Å². The number of carboxylic acid groups (broad SMARTS) is 1. The normalized spacial score (nSPS) is 14.9. The minimum atomic E-state index is -3.07. The van der Waals surface area contributed by atoms with Gasteiger partial charge in [-0.2, -0.15) is 0 Å². The van der Waals surface area contributed by atoms with Gasteiger partial charge in [0.15, 0.2) is 0 Å². The van der Waals surface area contributed by atoms with Crippen LogP contribution < -0.4 is 0 Å². The first-order valence-corrected chi connectivity index (χ1v) is 13.6. The van der Waals surface area contributed by atoms with Gasteiger partial charge in [0, 0.05) is 0 Å². The molecular formula is C26H35O5P. The molecule has 0 spiro atoms. The number of hydrogen-bond donors (Lipinski definition) is 1. The Morgan fingerprint density at radius 3 is 2.22 bits per heavy atom. The minimum Gasteiger partial charge on any atom is -0.481 e. The quantitative estimate of drug-likeness (QED) is 0.243. The zero-order valence-corrected chi connectivity index (χ0v) is 20.1. The summed E-state index contributed by atoms with van der Waals surface area (Å²) in [6.07, 6.45) is 6.54. The van der Waals surface area contributed by atoms with Crippen LogP contribution in [-0.4, -0.2) is 30.5 Å². The van der Waals surface area contributed by atoms with Gasteiger partial charge in [-0.15, -0.1) is 0 Å². The molecule has 32 heavy (non-hydrogen) atoms. The van der Waals surface area contributed by atoms with Crippen molar-refractivity contribution in [1.29, 1.82) is 0 Å². The summed E-state index contributed by atoms with van der Waals surface area (Å²) < 4.78 is 24.5. The van der Waals surface area contributed by atoms with Gasteiger partial charge >= 0.3 is 13.6 Å². The predicted octanol–water partition coefficient (Wildman–Crippen LogP) is 7.03. The fourth-order valence-electron chi connectivity index (χ4n) is 4.29. The summed E-state index contributed by atoms with van der Waals surface area (Å²) in [4.78, 5) is 12.0. The number of fused-ring (bicyclic) bond motifs is 3. The number of hydrogen-bond acceptors (Lipinski definition) is 4. The zero-order valence-electron chi connectivity index (χ0n) is 19.2. The van der Waals surface area contributed by atoms with E-state index in [-0.39, 0.29) is 0 Å². The molecule has 0 saturated carbocycles. The molecule has 2 aromatic rings. The first-order chi connectivity index (χ1) is 15.5. The van der Waals surface area contributed by atoms with Crippen LogP contribution in [0.5, 0.6) is 0 Å². The molecule has 6 heteroatoms. The van der Waals surface area contributed by atoms with Crippen LogP contribution in [0.15, 0.2) is 42.5 Å². The number of rotatable bonds is 14. The third-order valence-electron chi connectivity index (χ3n) is 5.98. The molecule has 1 aliphatic rings. The Hall–Kier alpha value is -1.94. The maximum Gasteiger partial charge on any atom is 0.330 e. The molecule has 0 saturated heterocycles. The third-order valence-corrected chi connectivity index (χ3v) is 8.00. The van der Waals surface area contributed by atoms with E-state index in [0.29, 0.717) is 19.4 Å². The van der Waals surface area contributed by atoms with Crippen LogP contribution in [0.3, 0.4) is 0 Å². The first-order valence-electron chi connectivity index (χ1n) is 11.8. The topological polar surface area (TPSA) is 72.8 Å². The van der Waals surface area contributed by atoms with Crippen molar-refractivity contribution in [3.63, 3.8) is 0 Å². The van der Waals surface area contributed by atoms with Gasteiger partial charge in [-0.1, -0.05) is 69.2 Å². The van der Waals surface area contributed by atoms with E-state index in [9.17, 15) is 14.5 Å². The molecule has 3 rings (SSSR count). The van der Waals surface area contributed by atoms with Crippen LogP contribution in [0, 0.1) is 0 Å². The smallest absolute Gasteiger partial charge is 0.330 e. The number of benzene rings is 2. The average molecular weight is 459 g/mol. The van der Waals surface area contributed by atoms with Crippen molar-refractivity contribution >= 4 is 13.6 Å². The lowest BCUT2D eigenvalue weighted by atomic mass is 9.94. The molecular weight excluding hydrogens is 423 g/mol. The molecule has 0 aromatic heterocycles. The van der Waals surface area contributed by atoms with Crippen LogP contribution in [0.4, 0.5) is 0 Å². The Kier molecular flexibility index (Phi) is 9.10. The summed E-state index contributed by atoms with van der Waals surface area (Å²) in [7, 11) is -3.07. The monoisotopic (exact) mass is 458 g/mol. The SMILES string of the molecule is CCCCOP(=O)(CCCCc1cccc2c1-c1ccccc1C2C(=O)O)OCCCC. The summed E-state index contributed by atoms with van der Waals surface area (Å²) in [5, 5.41) is 9.82. The molecule has 0 aliphatic heterocycles. The number of aliphatic carboxylic acids is 1. The Labute approximate surface area is 191 Å². The highest BCUT2D eigenvalue weighted by atomic mass is 31.2. The molecule has 0 radical (unpaired) electrons. The van der Waals surface area contributed by atoms with Crippen LogP contribution in [0.1, 0.15) is 75.0 Å². The molecule has 0 heterocycles. The standard InChI is InChI=1S/C26H35O5P/c1-3-5-17-30-32(29,31-18-6-4-2)19-10-9-12-20-13-11-16-23-24(20)21-14-7-8-15-22(21)25(23)26(27)28/h7-8,11,13-16,25H,3-6,9-10,12,17-19H2,1-2H3,(H,27,28). The van der Waals surface area contributed by atoms with Crippen LogP contribution in [0.2, 0.25) is 0 Å². The fraction of sp³-hybridized carbons (Fsp3) is 0.500. The Bertz CT molecular complexity index is 941. The Morgan fingerprint density at radius 1 is 0.906 bits per heavy atom. The van der Waals surface area contributed by atoms with E-state index in [1.54, 1.807) is 0 Å². The molecule has 174 valence electrons. The number of carbonyl (C=O) groups is 1. The highest BCUT2D eigenvalue weighted by Crippen LogP contribution is 2.50. The van der Waals surface area contributed by atoms with Crippen molar-refractivity contribution in [2.45, 2.75) is 64.7 Å². The molecule has 1 aliphatic carbocycles. The maximum atomic E-state index is 13.1. The second-order valence-corrected chi connectivity index (χ2v) is 10.6. The zero-order chi connectivity index (χ0) is 23.0. The largest absolute Gasteiger partial charge is 0.481 e. The van der Waals surface area contributed by atoms with Crippen molar-refractivity contribution in [2.24, 2.45) is 0 Å². The van der Waals surface area contributed by atoms with Crippen LogP contribution in [-0.2, 0) is 24.8 Å². The highest BCUT2D eigenvalue weighted by Gasteiger charge is 2.34. The summed E-state index contributed by atoms with van der Waals surface area (Å²) in [5.41, 5.74) is 4.94. The summed E-state index contributed by atoms with van der Waals surface area (Å²) in [6.45, 7) is 5.11. The summed E-state index contributed by atoms with van der Waals surface area (Å²) in [6, 6.07) is 13.7. The summed E-state index contributed by atoms with van der Waals surface area (Å²) in [5.74, 6) is -1.43. The van der Waals surface area contributed by atoms with Gasteiger partial charge in [0.25, 0.3) is 0 Å². The molecule has 1 atom stereocenters. The first kappa shape index (κ1) is 24.7. The lowest BCUT2D eigenvalue weighted by Gasteiger charge is -2.18. The highest BCUT2D eigenvalue weighted by molar-refractivity contribution is 7.53. The van der Waals surface area contributed by atoms with E-state index in [2.05, 4.69) is 19.9 Å². The van der Waals surface area contributed by atoms with Gasteiger partial charge in [-0.05, 0) is 59.9 Å². The van der Waals surface area contributed by atoms with Gasteiger partial charge < -0.3 is 14.2 Å². The average Bonchev–Trinajstić information content (AvgIpc) is 3.12. The van der Waals surface area contributed by atoms with Gasteiger partial charge in [0.05, 0.1) is 19.4 Å². The lowest BCUT2D eigenvalue weighted by Crippen LogP contribution is -2.10. The van der Waals surface area contributed by atoms with Crippen molar-refractivity contribution in [3.8, 4) is 11.1 Å². The number of aryl methyl sites for hydroxylation is 1. The Balaban J connectivity index is 1.67. The molecule has 0 amide bonds. The van der Waals surface area contributed by atoms with Crippen LogP contribution >= 0.6 is 7.60 Å². The summed E-state index contributed by atoms with van der Waals surface area (Å²) >= 11 is 0. The molecule has 1 N–H and O–H groups in total. The number of carboxylic acids is 1. The minimum absolute atomic E-state index is 0.420. The number of unbranched alkanes of at least 4 members (excludes halogenated alkanes) is 3. The van der Waals surface area contributed by atoms with E-state index in [0.717, 1.165) is 72.8 Å². The predicted molar refractivity (Wildman–Crippen MR) is 128 cm³/mol. The van der Waals surface area contributed by atoms with Crippen molar-refractivity contribution in [1.82, 2.24) is 0 Å². The van der Waals surface area contributed by atoms with Crippen molar-refractivity contribution < 1.29 is 23.5 Å². The van der Waals surface area contributed by atoms with Crippen molar-refractivity contribution in [2.75, 3.05) is 19.4 Å². The van der Waals surface area contributed by atoms with E-state index in [1.807, 2.05) is 36.4 Å². The second kappa shape index (κ2) is 11.8. The maximum absolute atomic E-state index is 13.1. The van der Waals surface area contributed by atoms with E-state index in [1.165, 1.54) is 0 Å². The fourth-order valence-corrected chi connectivity index (χ4v) is 6.05. The van der Waals surface area contributed by atoms with Crippen molar-refractivity contribution in [3.05, 3.63) is 59.2 Å². The Morgan fingerprint density at radius 2 is 1.56 bits per heavy atom. The second-order valence-electron chi connectivity index (χ2n) is 8.41. The van der Waals surface area contributed by atoms with Gasteiger partial charge in [0.2, 0.25) is 0 Å². The molecule has 0 bridgehead atoms. The van der Waals surface area contributed by atoms with Crippen LogP contribution in [0.25, 0.3) is 11.1 Å². The molecule has 2 aromatic carbocycles. The van der Waals surface area contributed by atoms with Gasteiger partial charge in [-0.25, -0.2) is 0 Å². The van der Waals surface area contributed by atoms with Gasteiger partial charge in [-0.3, -0.25) is 9.36 Å². The lowest BCUT2D eigenvalue weighted by molar-refractivity contribution is -0.137. The third kappa shape index (κ3) is 5.89. The van der Waals surface area contributed by atoms with Gasteiger partial charge in [0.1, 0.15) is 5.92 Å².